The third kappa shape index (κ3) is 6.21. The molecule has 1 fully saturated rings. The Balaban J connectivity index is 0.00000338. The first kappa shape index (κ1) is 22.9. The first-order valence-corrected chi connectivity index (χ1v) is 7.88. The van der Waals surface area contributed by atoms with Crippen LogP contribution in [0, 0.1) is 0 Å². The van der Waals surface area contributed by atoms with E-state index in [2.05, 4.69) is 5.32 Å². The fraction of sp³-hybridized carbons (Fsp3) is 0.625. The summed E-state index contributed by atoms with van der Waals surface area (Å²) in [6, 6.07) is 2.47. The Kier molecular flexibility index (Phi) is 8.04. The number of nitrogens with one attached hydrogen (secondary N) is 1. The number of alkyl halides is 6. The quantitative estimate of drug-likeness (QED) is 0.732. The first-order valence-electron chi connectivity index (χ1n) is 7.88. The van der Waals surface area contributed by atoms with Crippen molar-refractivity contribution < 1.29 is 31.1 Å². The summed E-state index contributed by atoms with van der Waals surface area (Å²) >= 11 is 0. The molecule has 0 bridgehead atoms. The molecule has 1 atom stereocenters. The number of ether oxygens (including phenoxy) is 1. The largest absolute Gasteiger partial charge is 0.497 e. The second-order valence-electron chi connectivity index (χ2n) is 5.91. The Hall–Kier alpha value is -1.19. The van der Waals surface area contributed by atoms with Gasteiger partial charge in [-0.3, -0.25) is 4.90 Å². The topological polar surface area (TPSA) is 24.5 Å². The van der Waals surface area contributed by atoms with E-state index in [9.17, 15) is 26.3 Å². The number of halogens is 7. The van der Waals surface area contributed by atoms with Crippen molar-refractivity contribution in [2.45, 2.75) is 31.2 Å². The lowest BCUT2D eigenvalue weighted by atomic mass is 9.94. The van der Waals surface area contributed by atoms with Crippen LogP contribution in [0.2, 0.25) is 0 Å². The summed E-state index contributed by atoms with van der Waals surface area (Å²) in [4.78, 5) is 1.68. The molecule has 0 saturated carbocycles. The van der Waals surface area contributed by atoms with Crippen molar-refractivity contribution in [2.75, 3.05) is 33.3 Å². The van der Waals surface area contributed by atoms with Gasteiger partial charge in [-0.15, -0.1) is 12.4 Å². The van der Waals surface area contributed by atoms with Crippen LogP contribution in [0.15, 0.2) is 18.2 Å². The van der Waals surface area contributed by atoms with Crippen LogP contribution < -0.4 is 10.1 Å². The zero-order valence-electron chi connectivity index (χ0n) is 14.1. The van der Waals surface area contributed by atoms with Crippen molar-refractivity contribution in [3.63, 3.8) is 0 Å². The molecule has 1 N–H and O–H groups in total. The zero-order chi connectivity index (χ0) is 18.7. The smallest absolute Gasteiger partial charge is 0.416 e. The molecule has 0 aliphatic carbocycles. The third-order valence-corrected chi connectivity index (χ3v) is 4.22. The fourth-order valence-electron chi connectivity index (χ4n) is 3.03. The number of piperazine rings is 1. The Labute approximate surface area is 154 Å². The molecule has 1 aliphatic rings. The van der Waals surface area contributed by atoms with E-state index >= 15 is 0 Å². The zero-order valence-corrected chi connectivity index (χ0v) is 14.9. The van der Waals surface area contributed by atoms with Crippen LogP contribution in [0.3, 0.4) is 0 Å². The van der Waals surface area contributed by atoms with Gasteiger partial charge in [-0.1, -0.05) is 6.07 Å². The number of benzene rings is 1. The Bertz CT molecular complexity index is 573. The lowest BCUT2D eigenvalue weighted by Crippen LogP contribution is -2.45. The van der Waals surface area contributed by atoms with E-state index in [1.807, 2.05) is 0 Å². The maximum absolute atomic E-state index is 13.5. The van der Waals surface area contributed by atoms with E-state index in [4.69, 9.17) is 4.74 Å². The van der Waals surface area contributed by atoms with Gasteiger partial charge in [0.05, 0.1) is 12.7 Å². The van der Waals surface area contributed by atoms with E-state index < -0.39 is 36.8 Å². The molecule has 10 heteroatoms. The monoisotopic (exact) mass is 406 g/mol. The summed E-state index contributed by atoms with van der Waals surface area (Å²) in [5.74, 6) is 0.0194. The van der Waals surface area contributed by atoms with Crippen LogP contribution >= 0.6 is 12.4 Å². The van der Waals surface area contributed by atoms with Gasteiger partial charge in [0.2, 0.25) is 0 Å². The summed E-state index contributed by atoms with van der Waals surface area (Å²) < 4.78 is 83.3. The summed E-state index contributed by atoms with van der Waals surface area (Å²) in [7, 11) is 1.24. The van der Waals surface area contributed by atoms with E-state index in [-0.39, 0.29) is 23.7 Å². The standard InChI is InChI=1S/C16H20F6N2O.ClH/c1-25-11-2-3-12(13(10-11)16(20,21)22)14(4-5-15(17,18)19)24-8-6-23-7-9-24;/h2-3,10,14,23H,4-9H2,1H3;1H/t14-;/m1./s1. The molecule has 1 saturated heterocycles. The average Bonchev–Trinajstić information content (AvgIpc) is 2.54. The van der Waals surface area contributed by atoms with Gasteiger partial charge in [0.25, 0.3) is 0 Å². The van der Waals surface area contributed by atoms with Crippen molar-refractivity contribution in [3.8, 4) is 5.75 Å². The molecule has 1 aliphatic heterocycles. The Morgan fingerprint density at radius 3 is 2.23 bits per heavy atom. The number of nitrogens with zero attached hydrogens (tertiary/aromatic N) is 1. The van der Waals surface area contributed by atoms with Gasteiger partial charge in [-0.2, -0.15) is 26.3 Å². The van der Waals surface area contributed by atoms with Crippen LogP contribution in [-0.4, -0.2) is 44.4 Å². The predicted molar refractivity (Wildman–Crippen MR) is 87.7 cm³/mol. The molecular weight excluding hydrogens is 386 g/mol. The molecule has 0 unspecified atom stereocenters. The van der Waals surface area contributed by atoms with Gasteiger partial charge in [0, 0.05) is 38.6 Å². The molecule has 26 heavy (non-hydrogen) atoms. The van der Waals surface area contributed by atoms with Crippen LogP contribution in [-0.2, 0) is 6.18 Å². The van der Waals surface area contributed by atoms with Gasteiger partial charge in [-0.05, 0) is 24.1 Å². The first-order chi connectivity index (χ1) is 11.6. The molecule has 0 spiro atoms. The highest BCUT2D eigenvalue weighted by atomic mass is 35.5. The SMILES string of the molecule is COc1ccc([C@@H](CCC(F)(F)F)N2CCNCC2)c(C(F)(F)F)c1.Cl. The molecule has 3 nitrogen and oxygen atoms in total. The highest BCUT2D eigenvalue weighted by Gasteiger charge is 2.38. The normalized spacial score (nSPS) is 17.5. The minimum atomic E-state index is -4.67. The van der Waals surface area contributed by atoms with Crippen molar-refractivity contribution in [1.82, 2.24) is 10.2 Å². The second kappa shape index (κ2) is 9.14. The Morgan fingerprint density at radius 2 is 1.73 bits per heavy atom. The van der Waals surface area contributed by atoms with Crippen molar-refractivity contribution >= 4 is 12.4 Å². The van der Waals surface area contributed by atoms with E-state index in [0.29, 0.717) is 26.2 Å². The minimum Gasteiger partial charge on any atom is -0.497 e. The highest BCUT2D eigenvalue weighted by Crippen LogP contribution is 2.41. The molecule has 2 rings (SSSR count). The van der Waals surface area contributed by atoms with Crippen molar-refractivity contribution in [2.24, 2.45) is 0 Å². The summed E-state index contributed by atoms with van der Waals surface area (Å²) in [5.41, 5.74) is -1.09. The molecule has 1 aromatic rings. The number of rotatable bonds is 5. The van der Waals surface area contributed by atoms with Crippen LogP contribution in [0.1, 0.15) is 30.0 Å². The van der Waals surface area contributed by atoms with Gasteiger partial charge in [-0.25, -0.2) is 0 Å². The lowest BCUT2D eigenvalue weighted by Gasteiger charge is -2.36. The second-order valence-corrected chi connectivity index (χ2v) is 5.91. The summed E-state index contributed by atoms with van der Waals surface area (Å²) in [6.45, 7) is 1.84. The van der Waals surface area contributed by atoms with E-state index in [0.717, 1.165) is 6.07 Å². The van der Waals surface area contributed by atoms with Crippen LogP contribution in [0.5, 0.6) is 5.75 Å². The van der Waals surface area contributed by atoms with Gasteiger partial charge in [0.1, 0.15) is 5.75 Å². The Morgan fingerprint density at radius 1 is 1.12 bits per heavy atom. The molecular formula is C16H21ClF6N2O. The summed E-state index contributed by atoms with van der Waals surface area (Å²) in [6.07, 6.45) is -10.6. The van der Waals surface area contributed by atoms with Crippen molar-refractivity contribution in [1.29, 1.82) is 0 Å². The molecule has 0 aromatic heterocycles. The molecule has 0 amide bonds. The predicted octanol–water partition coefficient (Wildman–Crippen LogP) is 4.42. The minimum absolute atomic E-state index is 0. The third-order valence-electron chi connectivity index (χ3n) is 4.22. The summed E-state index contributed by atoms with van der Waals surface area (Å²) in [5, 5.41) is 3.05. The lowest BCUT2D eigenvalue weighted by molar-refractivity contribution is -0.141. The maximum Gasteiger partial charge on any atom is 0.416 e. The number of hydrogen-bond acceptors (Lipinski definition) is 3. The van der Waals surface area contributed by atoms with E-state index in [1.54, 1.807) is 4.90 Å². The highest BCUT2D eigenvalue weighted by molar-refractivity contribution is 5.85. The van der Waals surface area contributed by atoms with Crippen LogP contribution in [0.4, 0.5) is 26.3 Å². The number of methoxy groups -OCH3 is 1. The maximum atomic E-state index is 13.5. The van der Waals surface area contributed by atoms with Crippen molar-refractivity contribution in [3.05, 3.63) is 29.3 Å². The fourth-order valence-corrected chi connectivity index (χ4v) is 3.03. The van der Waals surface area contributed by atoms with Gasteiger partial charge < -0.3 is 10.1 Å². The van der Waals surface area contributed by atoms with Crippen LogP contribution in [0.25, 0.3) is 0 Å². The number of hydrogen-bond donors (Lipinski definition) is 1. The molecule has 1 heterocycles. The average molecular weight is 407 g/mol. The molecule has 0 radical (unpaired) electrons. The van der Waals surface area contributed by atoms with Gasteiger partial charge in [0.15, 0.2) is 0 Å². The van der Waals surface area contributed by atoms with E-state index in [1.165, 1.54) is 19.2 Å². The molecule has 1 aromatic carbocycles. The van der Waals surface area contributed by atoms with Gasteiger partial charge >= 0.3 is 12.4 Å². The molecule has 150 valence electrons.